The summed E-state index contributed by atoms with van der Waals surface area (Å²) in [6.45, 7) is 7.22. The molecule has 0 unspecified atom stereocenters. The van der Waals surface area contributed by atoms with Gasteiger partial charge < -0.3 is 5.32 Å². The third-order valence-corrected chi connectivity index (χ3v) is 2.81. The summed E-state index contributed by atoms with van der Waals surface area (Å²) in [5, 5.41) is 3.29. The zero-order valence-corrected chi connectivity index (χ0v) is 12.2. The Morgan fingerprint density at radius 1 is 1.11 bits per heavy atom. The normalized spacial score (nSPS) is 13.0. The molecule has 0 saturated carbocycles. The number of likely N-dealkylation sites (N-methyl/N-ethyl adjacent to an activating group) is 1. The maximum Gasteiger partial charge on any atom is 0.285 e. The third-order valence-electron chi connectivity index (χ3n) is 2.81. The molecule has 0 heterocycles. The molecule has 0 radical (unpaired) electrons. The second-order valence-electron chi connectivity index (χ2n) is 5.99. The molecular formula is C15H24F2N2. The SMILES string of the molecule is CN(CCNC(C)(C)C)CC(F)(F)c1ccccc1. The molecule has 0 aliphatic rings. The average molecular weight is 270 g/mol. The number of benzene rings is 1. The molecule has 1 aromatic rings. The number of rotatable bonds is 6. The monoisotopic (exact) mass is 270 g/mol. The lowest BCUT2D eigenvalue weighted by atomic mass is 10.1. The highest BCUT2D eigenvalue weighted by molar-refractivity contribution is 5.20. The molecular weight excluding hydrogens is 246 g/mol. The summed E-state index contributed by atoms with van der Waals surface area (Å²) in [6, 6.07) is 7.98. The van der Waals surface area contributed by atoms with Crippen molar-refractivity contribution >= 4 is 0 Å². The molecule has 1 aromatic carbocycles. The van der Waals surface area contributed by atoms with Crippen molar-refractivity contribution in [3.05, 3.63) is 35.9 Å². The first kappa shape index (κ1) is 16.1. The van der Waals surface area contributed by atoms with Crippen molar-refractivity contribution in [3.63, 3.8) is 0 Å². The van der Waals surface area contributed by atoms with Gasteiger partial charge in [-0.15, -0.1) is 0 Å². The van der Waals surface area contributed by atoms with Crippen LogP contribution in [-0.2, 0) is 5.92 Å². The Hall–Kier alpha value is -1.00. The summed E-state index contributed by atoms with van der Waals surface area (Å²) in [4.78, 5) is 1.66. The van der Waals surface area contributed by atoms with Crippen molar-refractivity contribution in [2.24, 2.45) is 0 Å². The molecule has 0 aliphatic heterocycles. The Balaban J connectivity index is 2.45. The molecule has 0 amide bonds. The van der Waals surface area contributed by atoms with Crippen LogP contribution in [0.1, 0.15) is 26.3 Å². The van der Waals surface area contributed by atoms with Gasteiger partial charge in [-0.1, -0.05) is 30.3 Å². The van der Waals surface area contributed by atoms with Crippen molar-refractivity contribution in [2.75, 3.05) is 26.7 Å². The standard InChI is InChI=1S/C15H24F2N2/c1-14(2,3)18-10-11-19(4)12-15(16,17)13-8-6-5-7-9-13/h5-9,18H,10-12H2,1-4H3. The van der Waals surface area contributed by atoms with E-state index in [0.29, 0.717) is 13.1 Å². The van der Waals surface area contributed by atoms with Crippen molar-refractivity contribution < 1.29 is 8.78 Å². The molecule has 0 saturated heterocycles. The second-order valence-corrected chi connectivity index (χ2v) is 5.99. The van der Waals surface area contributed by atoms with E-state index in [1.807, 2.05) is 0 Å². The van der Waals surface area contributed by atoms with E-state index < -0.39 is 5.92 Å². The highest BCUT2D eigenvalue weighted by Crippen LogP contribution is 2.28. The maximum absolute atomic E-state index is 14.0. The van der Waals surface area contributed by atoms with E-state index in [4.69, 9.17) is 0 Å². The Kier molecular flexibility index (Phi) is 5.44. The van der Waals surface area contributed by atoms with Gasteiger partial charge in [-0.25, -0.2) is 0 Å². The van der Waals surface area contributed by atoms with Crippen LogP contribution in [0.3, 0.4) is 0 Å². The summed E-state index contributed by atoms with van der Waals surface area (Å²) in [7, 11) is 1.72. The van der Waals surface area contributed by atoms with Gasteiger partial charge in [0.2, 0.25) is 0 Å². The number of nitrogens with one attached hydrogen (secondary N) is 1. The van der Waals surface area contributed by atoms with E-state index in [-0.39, 0.29) is 17.6 Å². The van der Waals surface area contributed by atoms with E-state index in [9.17, 15) is 8.78 Å². The van der Waals surface area contributed by atoms with Gasteiger partial charge in [0.05, 0.1) is 6.54 Å². The summed E-state index contributed by atoms with van der Waals surface area (Å²) in [6.07, 6.45) is 0. The lowest BCUT2D eigenvalue weighted by molar-refractivity contribution is -0.0320. The minimum Gasteiger partial charge on any atom is -0.311 e. The van der Waals surface area contributed by atoms with Crippen molar-refractivity contribution in [1.82, 2.24) is 10.2 Å². The molecule has 0 aliphatic carbocycles. The minimum absolute atomic E-state index is 0.0167. The van der Waals surface area contributed by atoms with Crippen LogP contribution < -0.4 is 5.32 Å². The molecule has 108 valence electrons. The summed E-state index contributed by atoms with van der Waals surface area (Å²) in [5.74, 6) is -2.81. The van der Waals surface area contributed by atoms with Crippen molar-refractivity contribution in [1.29, 1.82) is 0 Å². The van der Waals surface area contributed by atoms with Crippen LogP contribution in [0.25, 0.3) is 0 Å². The molecule has 1 N–H and O–H groups in total. The smallest absolute Gasteiger partial charge is 0.285 e. The van der Waals surface area contributed by atoms with Gasteiger partial charge in [-0.05, 0) is 27.8 Å². The molecule has 0 atom stereocenters. The molecule has 0 aromatic heterocycles. The van der Waals surface area contributed by atoms with Crippen LogP contribution in [-0.4, -0.2) is 37.1 Å². The minimum atomic E-state index is -2.81. The summed E-state index contributed by atoms with van der Waals surface area (Å²) >= 11 is 0. The van der Waals surface area contributed by atoms with Gasteiger partial charge in [0, 0.05) is 24.2 Å². The van der Waals surface area contributed by atoms with E-state index in [2.05, 4.69) is 26.1 Å². The molecule has 1 rings (SSSR count). The average Bonchev–Trinajstić information content (AvgIpc) is 2.27. The highest BCUT2D eigenvalue weighted by Gasteiger charge is 2.32. The predicted molar refractivity (Wildman–Crippen MR) is 75.6 cm³/mol. The first-order valence-corrected chi connectivity index (χ1v) is 6.58. The quantitative estimate of drug-likeness (QED) is 0.854. The fourth-order valence-electron chi connectivity index (χ4n) is 1.81. The van der Waals surface area contributed by atoms with E-state index in [0.717, 1.165) is 0 Å². The molecule has 0 bridgehead atoms. The highest BCUT2D eigenvalue weighted by atomic mass is 19.3. The molecule has 4 heteroatoms. The van der Waals surface area contributed by atoms with Crippen LogP contribution >= 0.6 is 0 Å². The van der Waals surface area contributed by atoms with Crippen LogP contribution in [0.15, 0.2) is 30.3 Å². The largest absolute Gasteiger partial charge is 0.311 e. The zero-order valence-electron chi connectivity index (χ0n) is 12.2. The Labute approximate surface area is 114 Å². The molecule has 2 nitrogen and oxygen atoms in total. The van der Waals surface area contributed by atoms with E-state index in [1.165, 1.54) is 12.1 Å². The van der Waals surface area contributed by atoms with E-state index in [1.54, 1.807) is 30.1 Å². The van der Waals surface area contributed by atoms with Crippen molar-refractivity contribution in [2.45, 2.75) is 32.2 Å². The predicted octanol–water partition coefficient (Wildman–Crippen LogP) is 3.10. The Morgan fingerprint density at radius 3 is 2.21 bits per heavy atom. The summed E-state index contributed by atoms with van der Waals surface area (Å²) in [5.41, 5.74) is 0.0913. The van der Waals surface area contributed by atoms with Gasteiger partial charge in [-0.3, -0.25) is 4.90 Å². The van der Waals surface area contributed by atoms with Gasteiger partial charge in [0.1, 0.15) is 0 Å². The van der Waals surface area contributed by atoms with Gasteiger partial charge >= 0.3 is 0 Å². The number of halogens is 2. The third kappa shape index (κ3) is 6.12. The van der Waals surface area contributed by atoms with Crippen molar-refractivity contribution in [3.8, 4) is 0 Å². The van der Waals surface area contributed by atoms with Crippen LogP contribution in [0.5, 0.6) is 0 Å². The first-order valence-electron chi connectivity index (χ1n) is 6.58. The Bertz CT molecular complexity index is 371. The van der Waals surface area contributed by atoms with Gasteiger partial charge in [0.15, 0.2) is 0 Å². The van der Waals surface area contributed by atoms with Crippen LogP contribution in [0.4, 0.5) is 8.78 Å². The maximum atomic E-state index is 14.0. The lowest BCUT2D eigenvalue weighted by Crippen LogP contribution is -2.42. The number of hydrogen-bond donors (Lipinski definition) is 1. The summed E-state index contributed by atoms with van der Waals surface area (Å²) < 4.78 is 28.0. The topological polar surface area (TPSA) is 15.3 Å². The van der Waals surface area contributed by atoms with Gasteiger partial charge in [-0.2, -0.15) is 8.78 Å². The lowest BCUT2D eigenvalue weighted by Gasteiger charge is -2.26. The second kappa shape index (κ2) is 6.44. The van der Waals surface area contributed by atoms with E-state index >= 15 is 0 Å². The number of nitrogens with zero attached hydrogens (tertiary/aromatic N) is 1. The molecule has 0 fully saturated rings. The fraction of sp³-hybridized carbons (Fsp3) is 0.600. The Morgan fingerprint density at radius 2 is 1.68 bits per heavy atom. The number of hydrogen-bond acceptors (Lipinski definition) is 2. The zero-order chi connectivity index (χ0) is 14.5. The number of alkyl halides is 2. The van der Waals surface area contributed by atoms with Crippen LogP contribution in [0.2, 0.25) is 0 Å². The molecule has 0 spiro atoms. The van der Waals surface area contributed by atoms with Crippen LogP contribution in [0, 0.1) is 0 Å². The molecule has 19 heavy (non-hydrogen) atoms. The fourth-order valence-corrected chi connectivity index (χ4v) is 1.81. The first-order chi connectivity index (χ1) is 8.71. The van der Waals surface area contributed by atoms with Gasteiger partial charge in [0.25, 0.3) is 5.92 Å².